The Bertz CT molecular complexity index is 834. The molecule has 1 aliphatic rings. The third-order valence-corrected chi connectivity index (χ3v) is 4.87. The second-order valence-corrected chi connectivity index (χ2v) is 6.43. The van der Waals surface area contributed by atoms with Crippen LogP contribution in [0, 0.1) is 0 Å². The van der Waals surface area contributed by atoms with Gasteiger partial charge in [-0.1, -0.05) is 0 Å². The van der Waals surface area contributed by atoms with Gasteiger partial charge in [-0.15, -0.1) is 0 Å². The van der Waals surface area contributed by atoms with Gasteiger partial charge in [-0.3, -0.25) is 9.69 Å². The van der Waals surface area contributed by atoms with Crippen LogP contribution in [0.25, 0.3) is 0 Å². The summed E-state index contributed by atoms with van der Waals surface area (Å²) in [6, 6.07) is 9.29. The van der Waals surface area contributed by atoms with Crippen LogP contribution in [0.5, 0.6) is 23.0 Å². The van der Waals surface area contributed by atoms with E-state index in [-0.39, 0.29) is 5.78 Å². The van der Waals surface area contributed by atoms with Crippen LogP contribution < -0.4 is 18.9 Å². The molecule has 6 nitrogen and oxygen atoms in total. The van der Waals surface area contributed by atoms with E-state index in [1.165, 1.54) is 5.56 Å². The number of rotatable bonds is 7. The highest BCUT2D eigenvalue weighted by molar-refractivity contribution is 6.00. The molecule has 27 heavy (non-hydrogen) atoms. The molecule has 1 aliphatic heterocycles. The van der Waals surface area contributed by atoms with Gasteiger partial charge >= 0.3 is 0 Å². The summed E-state index contributed by atoms with van der Waals surface area (Å²) in [5, 5.41) is 0. The highest BCUT2D eigenvalue weighted by Gasteiger charge is 2.23. The Hall–Kier alpha value is -2.73. The summed E-state index contributed by atoms with van der Waals surface area (Å²) >= 11 is 0. The molecule has 0 aromatic heterocycles. The minimum Gasteiger partial charge on any atom is -0.497 e. The Morgan fingerprint density at radius 3 is 2.19 bits per heavy atom. The molecule has 0 unspecified atom stereocenters. The van der Waals surface area contributed by atoms with E-state index in [4.69, 9.17) is 18.9 Å². The van der Waals surface area contributed by atoms with Crippen molar-refractivity contribution in [2.45, 2.75) is 13.0 Å². The molecule has 0 bridgehead atoms. The van der Waals surface area contributed by atoms with Crippen molar-refractivity contribution in [3.05, 3.63) is 47.0 Å². The Morgan fingerprint density at radius 1 is 0.889 bits per heavy atom. The quantitative estimate of drug-likeness (QED) is 0.698. The molecule has 2 aromatic rings. The van der Waals surface area contributed by atoms with E-state index in [1.54, 1.807) is 46.6 Å². The molecule has 0 saturated carbocycles. The van der Waals surface area contributed by atoms with E-state index in [9.17, 15) is 4.79 Å². The number of ketones is 1. The van der Waals surface area contributed by atoms with Gasteiger partial charge in [0.1, 0.15) is 11.5 Å². The van der Waals surface area contributed by atoms with E-state index < -0.39 is 0 Å². The average Bonchev–Trinajstić information content (AvgIpc) is 2.71. The first-order valence-electron chi connectivity index (χ1n) is 8.81. The number of Topliss-reactive ketones (excluding diaryl/α,β-unsaturated/α-hetero) is 1. The molecule has 0 saturated heterocycles. The molecule has 0 radical (unpaired) electrons. The van der Waals surface area contributed by atoms with Crippen LogP contribution >= 0.6 is 0 Å². The maximum atomic E-state index is 12.8. The highest BCUT2D eigenvalue weighted by Crippen LogP contribution is 2.33. The molecule has 1 heterocycles. The molecule has 0 N–H and O–H groups in total. The van der Waals surface area contributed by atoms with E-state index in [2.05, 4.69) is 4.90 Å². The summed E-state index contributed by atoms with van der Waals surface area (Å²) in [6.45, 7) is 1.84. The molecule has 0 fully saturated rings. The Labute approximate surface area is 159 Å². The second kappa shape index (κ2) is 8.31. The fraction of sp³-hybridized carbons (Fsp3) is 0.381. The summed E-state index contributed by atoms with van der Waals surface area (Å²) in [5.41, 5.74) is 2.96. The molecule has 0 spiro atoms. The number of benzene rings is 2. The average molecular weight is 371 g/mol. The third kappa shape index (κ3) is 4.01. The lowest BCUT2D eigenvalue weighted by atomic mass is 9.98. The fourth-order valence-corrected chi connectivity index (χ4v) is 3.39. The van der Waals surface area contributed by atoms with Crippen molar-refractivity contribution in [1.82, 2.24) is 4.90 Å². The molecule has 2 aromatic carbocycles. The lowest BCUT2D eigenvalue weighted by Crippen LogP contribution is -2.35. The fourth-order valence-electron chi connectivity index (χ4n) is 3.39. The van der Waals surface area contributed by atoms with Crippen molar-refractivity contribution in [2.24, 2.45) is 0 Å². The van der Waals surface area contributed by atoms with Crippen LogP contribution in [0.15, 0.2) is 30.3 Å². The summed E-state index contributed by atoms with van der Waals surface area (Å²) in [5.74, 6) is 2.67. The molecular weight excluding hydrogens is 346 g/mol. The second-order valence-electron chi connectivity index (χ2n) is 6.43. The number of ether oxygens (including phenoxy) is 4. The number of nitrogens with zero attached hydrogens (tertiary/aromatic N) is 1. The molecular formula is C21H25NO5. The van der Waals surface area contributed by atoms with Crippen molar-refractivity contribution >= 4 is 5.78 Å². The van der Waals surface area contributed by atoms with Crippen molar-refractivity contribution in [1.29, 1.82) is 0 Å². The minimum atomic E-state index is 0.0263. The first kappa shape index (κ1) is 19.0. The molecule has 6 heteroatoms. The number of carbonyl (C=O) groups excluding carboxylic acids is 1. The van der Waals surface area contributed by atoms with Crippen LogP contribution in [0.3, 0.4) is 0 Å². The number of hydrogen-bond donors (Lipinski definition) is 0. The molecule has 3 rings (SSSR count). The lowest BCUT2D eigenvalue weighted by Gasteiger charge is -2.29. The molecule has 0 atom stereocenters. The van der Waals surface area contributed by atoms with Crippen molar-refractivity contribution in [3.8, 4) is 23.0 Å². The summed E-state index contributed by atoms with van der Waals surface area (Å²) in [6.07, 6.45) is 0.864. The molecule has 0 amide bonds. The van der Waals surface area contributed by atoms with E-state index >= 15 is 0 Å². The number of hydrogen-bond acceptors (Lipinski definition) is 6. The predicted molar refractivity (Wildman–Crippen MR) is 102 cm³/mol. The summed E-state index contributed by atoms with van der Waals surface area (Å²) < 4.78 is 21.3. The van der Waals surface area contributed by atoms with Crippen LogP contribution in [0.4, 0.5) is 0 Å². The largest absolute Gasteiger partial charge is 0.497 e. The van der Waals surface area contributed by atoms with Crippen molar-refractivity contribution in [2.75, 3.05) is 41.5 Å². The van der Waals surface area contributed by atoms with Gasteiger partial charge in [-0.25, -0.2) is 0 Å². The van der Waals surface area contributed by atoms with Crippen LogP contribution in [-0.4, -0.2) is 52.2 Å². The van der Waals surface area contributed by atoms with Crippen LogP contribution in [0.2, 0.25) is 0 Å². The van der Waals surface area contributed by atoms with Crippen LogP contribution in [0.1, 0.15) is 21.5 Å². The van der Waals surface area contributed by atoms with Gasteiger partial charge in [-0.05, 0) is 41.8 Å². The standard InChI is InChI=1S/C21H25NO5/c1-24-16-5-6-17(19(11-16)25-2)18(23)13-22-8-7-14-9-20(26-3)21(27-4)10-15(14)12-22/h5-6,9-11H,7-8,12-13H2,1-4H3. The first-order chi connectivity index (χ1) is 13.1. The maximum Gasteiger partial charge on any atom is 0.180 e. The number of carbonyl (C=O) groups is 1. The Kier molecular flexibility index (Phi) is 5.86. The van der Waals surface area contributed by atoms with E-state index in [0.29, 0.717) is 35.9 Å². The zero-order valence-corrected chi connectivity index (χ0v) is 16.2. The van der Waals surface area contributed by atoms with Gasteiger partial charge < -0.3 is 18.9 Å². The van der Waals surface area contributed by atoms with Gasteiger partial charge in [0.15, 0.2) is 17.3 Å². The minimum absolute atomic E-state index is 0.0263. The molecule has 144 valence electrons. The van der Waals surface area contributed by atoms with Crippen molar-refractivity contribution < 1.29 is 23.7 Å². The highest BCUT2D eigenvalue weighted by atomic mass is 16.5. The smallest absolute Gasteiger partial charge is 0.180 e. The Morgan fingerprint density at radius 2 is 1.56 bits per heavy atom. The first-order valence-corrected chi connectivity index (χ1v) is 8.81. The molecule has 0 aliphatic carbocycles. The maximum absolute atomic E-state index is 12.8. The predicted octanol–water partition coefficient (Wildman–Crippen LogP) is 2.96. The zero-order chi connectivity index (χ0) is 19.4. The van der Waals surface area contributed by atoms with E-state index in [1.807, 2.05) is 12.1 Å². The number of methoxy groups -OCH3 is 4. The van der Waals surface area contributed by atoms with Gasteiger partial charge in [0.25, 0.3) is 0 Å². The summed E-state index contributed by atoms with van der Waals surface area (Å²) in [4.78, 5) is 15.0. The van der Waals surface area contributed by atoms with Crippen molar-refractivity contribution in [3.63, 3.8) is 0 Å². The Balaban J connectivity index is 1.75. The third-order valence-electron chi connectivity index (χ3n) is 4.87. The number of fused-ring (bicyclic) bond motifs is 1. The topological polar surface area (TPSA) is 57.2 Å². The zero-order valence-electron chi connectivity index (χ0n) is 16.2. The van der Waals surface area contributed by atoms with Crippen LogP contribution in [-0.2, 0) is 13.0 Å². The monoisotopic (exact) mass is 371 g/mol. The SMILES string of the molecule is COc1ccc(C(=O)CN2CCc3cc(OC)c(OC)cc3C2)c(OC)c1. The lowest BCUT2D eigenvalue weighted by molar-refractivity contribution is 0.0918. The van der Waals surface area contributed by atoms with Gasteiger partial charge in [-0.2, -0.15) is 0 Å². The van der Waals surface area contributed by atoms with Gasteiger partial charge in [0.05, 0.1) is 40.5 Å². The summed E-state index contributed by atoms with van der Waals surface area (Å²) in [7, 11) is 6.41. The van der Waals surface area contributed by atoms with Gasteiger partial charge in [0.2, 0.25) is 0 Å². The normalized spacial score (nSPS) is 13.6. The van der Waals surface area contributed by atoms with Gasteiger partial charge in [0, 0.05) is 19.2 Å². The van der Waals surface area contributed by atoms with E-state index in [0.717, 1.165) is 24.3 Å².